The van der Waals surface area contributed by atoms with E-state index in [1.165, 1.54) is 0 Å². The molecule has 2 heterocycles. The fraction of sp³-hybridized carbons (Fsp3) is 1.00. The molecule has 2 saturated heterocycles. The van der Waals surface area contributed by atoms with Gasteiger partial charge in [-0.3, -0.25) is 0 Å². The summed E-state index contributed by atoms with van der Waals surface area (Å²) in [7, 11) is 2.14. The minimum absolute atomic E-state index is 0.188. The first kappa shape index (κ1) is 14.9. The molecule has 3 nitrogen and oxygen atoms in total. The van der Waals surface area contributed by atoms with E-state index in [0.29, 0.717) is 0 Å². The van der Waals surface area contributed by atoms with Gasteiger partial charge in [0.2, 0.25) is 0 Å². The van der Waals surface area contributed by atoms with Gasteiger partial charge in [0.1, 0.15) is 0 Å². The molecule has 2 rings (SSSR count). The van der Waals surface area contributed by atoms with Gasteiger partial charge in [-0.1, -0.05) is 27.7 Å². The van der Waals surface area contributed by atoms with Gasteiger partial charge in [0.25, 0.3) is 0 Å². The number of hydrogen-bond acceptors (Lipinski definition) is 3. The smallest absolute Gasteiger partial charge is 0.170 e. The summed E-state index contributed by atoms with van der Waals surface area (Å²) in [5.74, 6) is -0.188. The van der Waals surface area contributed by atoms with Crippen LogP contribution in [0.3, 0.4) is 0 Å². The van der Waals surface area contributed by atoms with Gasteiger partial charge in [-0.2, -0.15) is 0 Å². The van der Waals surface area contributed by atoms with Gasteiger partial charge >= 0.3 is 0 Å². The molecule has 3 heteroatoms. The van der Waals surface area contributed by atoms with Crippen molar-refractivity contribution in [3.8, 4) is 0 Å². The first-order valence-electron chi connectivity index (χ1n) is 6.27. The standard InChI is InChI=1S/C8H15NO2.2C2H6/c1-9-4-2-8(3-5-9)10-6-7-11-8;2*1-2/h2-7H2,1H3;2*1-2H3. The molecule has 0 aromatic rings. The molecule has 0 bridgehead atoms. The maximum Gasteiger partial charge on any atom is 0.170 e. The van der Waals surface area contributed by atoms with Crippen LogP contribution < -0.4 is 0 Å². The highest BCUT2D eigenvalue weighted by molar-refractivity contribution is 4.81. The first-order valence-corrected chi connectivity index (χ1v) is 6.27. The predicted molar refractivity (Wildman–Crippen MR) is 64.1 cm³/mol. The lowest BCUT2D eigenvalue weighted by Crippen LogP contribution is -2.43. The van der Waals surface area contributed by atoms with Gasteiger partial charge in [-0.15, -0.1) is 0 Å². The summed E-state index contributed by atoms with van der Waals surface area (Å²) in [5, 5.41) is 0. The molecule has 2 aliphatic rings. The number of likely N-dealkylation sites (tertiary alicyclic amines) is 1. The van der Waals surface area contributed by atoms with Gasteiger partial charge in [-0.05, 0) is 7.05 Å². The molecule has 0 aliphatic carbocycles. The average molecular weight is 217 g/mol. The Labute approximate surface area is 94.7 Å². The molecular formula is C12H27NO2. The molecule has 1 spiro atoms. The topological polar surface area (TPSA) is 21.7 Å². The van der Waals surface area contributed by atoms with E-state index in [9.17, 15) is 0 Å². The van der Waals surface area contributed by atoms with Crippen LogP contribution in [0.5, 0.6) is 0 Å². The van der Waals surface area contributed by atoms with Crippen LogP contribution in [0.25, 0.3) is 0 Å². The zero-order valence-electron chi connectivity index (χ0n) is 11.0. The predicted octanol–water partition coefficient (Wildman–Crippen LogP) is 2.51. The molecule has 2 aliphatic heterocycles. The van der Waals surface area contributed by atoms with Crippen LogP contribution in [0.15, 0.2) is 0 Å². The summed E-state index contributed by atoms with van der Waals surface area (Å²) in [6, 6.07) is 0. The summed E-state index contributed by atoms with van der Waals surface area (Å²) in [5.41, 5.74) is 0. The largest absolute Gasteiger partial charge is 0.347 e. The average Bonchev–Trinajstić information content (AvgIpc) is 2.77. The maximum atomic E-state index is 5.58. The van der Waals surface area contributed by atoms with E-state index in [1.807, 2.05) is 27.7 Å². The van der Waals surface area contributed by atoms with Crippen molar-refractivity contribution >= 4 is 0 Å². The van der Waals surface area contributed by atoms with E-state index in [1.54, 1.807) is 0 Å². The summed E-state index contributed by atoms with van der Waals surface area (Å²) in [6.45, 7) is 11.8. The summed E-state index contributed by atoms with van der Waals surface area (Å²) < 4.78 is 11.2. The Morgan fingerprint density at radius 2 is 1.27 bits per heavy atom. The number of ether oxygens (including phenoxy) is 2. The van der Waals surface area contributed by atoms with Gasteiger partial charge < -0.3 is 14.4 Å². The highest BCUT2D eigenvalue weighted by Gasteiger charge is 2.38. The summed E-state index contributed by atoms with van der Waals surface area (Å²) in [4.78, 5) is 2.32. The quantitative estimate of drug-likeness (QED) is 0.622. The molecule has 0 unspecified atom stereocenters. The maximum absolute atomic E-state index is 5.58. The SMILES string of the molecule is CC.CC.CN1CCC2(CC1)OCCO2. The van der Waals surface area contributed by atoms with Gasteiger partial charge in [0, 0.05) is 25.9 Å². The van der Waals surface area contributed by atoms with Crippen molar-refractivity contribution in [1.82, 2.24) is 4.90 Å². The Morgan fingerprint density at radius 1 is 0.867 bits per heavy atom. The highest BCUT2D eigenvalue weighted by atomic mass is 16.7. The Morgan fingerprint density at radius 3 is 1.67 bits per heavy atom. The zero-order valence-corrected chi connectivity index (χ0v) is 11.0. The van der Waals surface area contributed by atoms with Crippen LogP contribution in [0, 0.1) is 0 Å². The first-order chi connectivity index (χ1) is 7.31. The van der Waals surface area contributed by atoms with E-state index in [-0.39, 0.29) is 5.79 Å². The van der Waals surface area contributed by atoms with E-state index in [0.717, 1.165) is 39.1 Å². The minimum atomic E-state index is -0.188. The van der Waals surface area contributed by atoms with Crippen LogP contribution in [-0.2, 0) is 9.47 Å². The highest BCUT2D eigenvalue weighted by Crippen LogP contribution is 2.30. The van der Waals surface area contributed by atoms with Crippen LogP contribution in [0.2, 0.25) is 0 Å². The van der Waals surface area contributed by atoms with Crippen molar-refractivity contribution in [1.29, 1.82) is 0 Å². The molecule has 0 atom stereocenters. The normalized spacial score (nSPS) is 23.8. The molecule has 15 heavy (non-hydrogen) atoms. The van der Waals surface area contributed by atoms with Crippen LogP contribution >= 0.6 is 0 Å². The third kappa shape index (κ3) is 4.49. The van der Waals surface area contributed by atoms with Crippen molar-refractivity contribution in [3.05, 3.63) is 0 Å². The monoisotopic (exact) mass is 217 g/mol. The van der Waals surface area contributed by atoms with Crippen LogP contribution in [0.4, 0.5) is 0 Å². The molecule has 0 N–H and O–H groups in total. The lowest BCUT2D eigenvalue weighted by Gasteiger charge is -2.35. The molecule has 2 fully saturated rings. The van der Waals surface area contributed by atoms with E-state index >= 15 is 0 Å². The molecule has 0 amide bonds. The number of nitrogens with zero attached hydrogens (tertiary/aromatic N) is 1. The molecular weight excluding hydrogens is 190 g/mol. The fourth-order valence-corrected chi connectivity index (χ4v) is 1.74. The summed E-state index contributed by atoms with van der Waals surface area (Å²) >= 11 is 0. The van der Waals surface area contributed by atoms with Crippen molar-refractivity contribution in [2.75, 3.05) is 33.4 Å². The van der Waals surface area contributed by atoms with Crippen molar-refractivity contribution in [3.63, 3.8) is 0 Å². The van der Waals surface area contributed by atoms with E-state index < -0.39 is 0 Å². The molecule has 0 saturated carbocycles. The molecule has 0 aromatic heterocycles. The third-order valence-electron chi connectivity index (χ3n) is 2.56. The third-order valence-corrected chi connectivity index (χ3v) is 2.56. The minimum Gasteiger partial charge on any atom is -0.347 e. The number of hydrogen-bond donors (Lipinski definition) is 0. The van der Waals surface area contributed by atoms with E-state index in [2.05, 4.69) is 11.9 Å². The fourth-order valence-electron chi connectivity index (χ4n) is 1.74. The van der Waals surface area contributed by atoms with Crippen LogP contribution in [-0.4, -0.2) is 44.0 Å². The van der Waals surface area contributed by atoms with Gasteiger partial charge in [0.05, 0.1) is 13.2 Å². The Balaban J connectivity index is 0.000000442. The van der Waals surface area contributed by atoms with Crippen molar-refractivity contribution in [2.24, 2.45) is 0 Å². The number of piperidine rings is 1. The Bertz CT molecular complexity index is 135. The second-order valence-electron chi connectivity index (χ2n) is 3.41. The summed E-state index contributed by atoms with van der Waals surface area (Å²) in [6.07, 6.45) is 2.06. The Kier molecular flexibility index (Phi) is 8.02. The van der Waals surface area contributed by atoms with Gasteiger partial charge in [0.15, 0.2) is 5.79 Å². The molecule has 0 radical (unpaired) electrons. The molecule has 92 valence electrons. The van der Waals surface area contributed by atoms with E-state index in [4.69, 9.17) is 9.47 Å². The lowest BCUT2D eigenvalue weighted by molar-refractivity contribution is -0.183. The second-order valence-corrected chi connectivity index (χ2v) is 3.41. The van der Waals surface area contributed by atoms with Crippen molar-refractivity contribution in [2.45, 2.75) is 46.3 Å². The van der Waals surface area contributed by atoms with Crippen molar-refractivity contribution < 1.29 is 9.47 Å². The van der Waals surface area contributed by atoms with Crippen LogP contribution in [0.1, 0.15) is 40.5 Å². The molecule has 0 aromatic carbocycles. The number of rotatable bonds is 0. The van der Waals surface area contributed by atoms with Gasteiger partial charge in [-0.25, -0.2) is 0 Å². The Hall–Kier alpha value is -0.120. The zero-order chi connectivity index (χ0) is 11.7. The lowest BCUT2D eigenvalue weighted by atomic mass is 10.0. The second kappa shape index (κ2) is 8.08.